The molecule has 1 heterocycles. The molecule has 2 rings (SSSR count). The van der Waals surface area contributed by atoms with Gasteiger partial charge in [0.05, 0.1) is 12.2 Å². The Hall–Kier alpha value is -3.03. The number of allylic oxidation sites excluding steroid dienone is 9. The quantitative estimate of drug-likeness (QED) is 0.394. The van der Waals surface area contributed by atoms with Crippen LogP contribution in [0.15, 0.2) is 62.0 Å². The smallest absolute Gasteiger partial charge is 0.330 e. The topological polar surface area (TPSA) is 65.3 Å². The normalized spacial score (nSPS) is 18.3. The van der Waals surface area contributed by atoms with Crippen LogP contribution in [-0.2, 0) is 13.6 Å². The van der Waals surface area contributed by atoms with Crippen LogP contribution in [0.2, 0.25) is 0 Å². The van der Waals surface area contributed by atoms with Gasteiger partial charge in [-0.1, -0.05) is 31.6 Å². The average Bonchev–Trinajstić information content (AvgIpc) is 2.99. The van der Waals surface area contributed by atoms with Gasteiger partial charge in [-0.25, -0.2) is 18.0 Å². The molecule has 5 nitrogen and oxygen atoms in total. The first kappa shape index (κ1) is 26.2. The highest BCUT2D eigenvalue weighted by Crippen LogP contribution is 2.31. The number of imidazole rings is 1. The minimum absolute atomic E-state index is 0.105. The summed E-state index contributed by atoms with van der Waals surface area (Å²) < 4.78 is 43.4. The number of anilines is 1. The number of alkyl halides is 3. The first-order chi connectivity index (χ1) is 15.7. The van der Waals surface area contributed by atoms with E-state index in [1.807, 2.05) is 32.9 Å². The van der Waals surface area contributed by atoms with Crippen molar-refractivity contribution in [3.63, 3.8) is 0 Å². The monoisotopic (exact) mass is 462 g/mol. The van der Waals surface area contributed by atoms with E-state index in [2.05, 4.69) is 4.99 Å². The molecule has 1 atom stereocenters. The van der Waals surface area contributed by atoms with Crippen LogP contribution in [0.25, 0.3) is 6.08 Å². The van der Waals surface area contributed by atoms with Crippen molar-refractivity contribution in [3.8, 4) is 0 Å². The summed E-state index contributed by atoms with van der Waals surface area (Å²) in [6.07, 6.45) is 6.65. The fraction of sp³-hybridized carbons (Fsp3) is 0.440. The molecule has 0 aromatic carbocycles. The Morgan fingerprint density at radius 2 is 2.03 bits per heavy atom. The molecule has 0 saturated heterocycles. The number of aliphatic imine (C=N–C) groups is 1. The minimum Gasteiger partial charge on any atom is -0.383 e. The second kappa shape index (κ2) is 11.7. The largest absolute Gasteiger partial charge is 0.383 e. The Morgan fingerprint density at radius 1 is 1.33 bits per heavy atom. The first-order valence-corrected chi connectivity index (χ1v) is 11.0. The molecule has 0 radical (unpaired) electrons. The van der Waals surface area contributed by atoms with Crippen molar-refractivity contribution >= 4 is 18.1 Å². The number of nitrogen functional groups attached to an aromatic ring is 1. The summed E-state index contributed by atoms with van der Waals surface area (Å²) in [5, 5.41) is 0. The van der Waals surface area contributed by atoms with Crippen molar-refractivity contribution in [1.29, 1.82) is 0 Å². The molecule has 0 fully saturated rings. The minimum atomic E-state index is -2.86. The molecule has 0 saturated carbocycles. The van der Waals surface area contributed by atoms with E-state index in [1.54, 1.807) is 37.0 Å². The second-order valence-electron chi connectivity index (χ2n) is 7.95. The van der Waals surface area contributed by atoms with Crippen molar-refractivity contribution in [2.24, 2.45) is 12.0 Å². The molecule has 8 heteroatoms. The van der Waals surface area contributed by atoms with E-state index in [0.717, 1.165) is 17.6 Å². The van der Waals surface area contributed by atoms with Crippen LogP contribution < -0.4 is 11.4 Å². The van der Waals surface area contributed by atoms with Crippen molar-refractivity contribution < 1.29 is 13.2 Å². The van der Waals surface area contributed by atoms with Crippen LogP contribution in [-0.4, -0.2) is 35.0 Å². The Bertz CT molecular complexity index is 1100. The third-order valence-corrected chi connectivity index (χ3v) is 5.92. The van der Waals surface area contributed by atoms with Gasteiger partial charge in [-0.3, -0.25) is 14.1 Å². The van der Waals surface area contributed by atoms with E-state index in [1.165, 1.54) is 10.6 Å². The van der Waals surface area contributed by atoms with Crippen LogP contribution in [0.4, 0.5) is 19.0 Å². The highest BCUT2D eigenvalue weighted by Gasteiger charge is 2.25. The first-order valence-electron chi connectivity index (χ1n) is 11.0. The molecule has 180 valence electrons. The lowest BCUT2D eigenvalue weighted by Crippen LogP contribution is -2.24. The molecule has 2 N–H and O–H groups in total. The molecule has 0 bridgehead atoms. The number of rotatable bonds is 9. The van der Waals surface area contributed by atoms with E-state index < -0.39 is 18.2 Å². The summed E-state index contributed by atoms with van der Waals surface area (Å²) in [5.74, 6) is 0.274. The molecular formula is C25H33F3N4O. The zero-order valence-corrected chi connectivity index (χ0v) is 19.9. The maximum absolute atomic E-state index is 13.9. The number of aromatic nitrogens is 2. The van der Waals surface area contributed by atoms with Crippen molar-refractivity contribution in [3.05, 3.63) is 68.3 Å². The van der Waals surface area contributed by atoms with Crippen molar-refractivity contribution in [1.82, 2.24) is 9.13 Å². The SMILES string of the molecule is CC/C(=C\c1c(N)n(C)c(=O)n1CC(/C=C\C=NC)=C(\C)CC)C1=CCC(F)C(C(F)F)=C1. The van der Waals surface area contributed by atoms with Crippen LogP contribution >= 0.6 is 0 Å². The maximum Gasteiger partial charge on any atom is 0.330 e. The Balaban J connectivity index is 2.61. The van der Waals surface area contributed by atoms with Crippen molar-refractivity contribution in [2.45, 2.75) is 59.2 Å². The lowest BCUT2D eigenvalue weighted by molar-refractivity contribution is 0.163. The van der Waals surface area contributed by atoms with Gasteiger partial charge in [-0.05, 0) is 54.7 Å². The van der Waals surface area contributed by atoms with Gasteiger partial charge in [-0.15, -0.1) is 0 Å². The molecule has 1 aromatic rings. The Kier molecular flexibility index (Phi) is 9.32. The summed E-state index contributed by atoms with van der Waals surface area (Å²) in [5.41, 5.74) is 9.27. The molecular weight excluding hydrogens is 429 g/mol. The predicted octanol–water partition coefficient (Wildman–Crippen LogP) is 5.41. The van der Waals surface area contributed by atoms with Gasteiger partial charge in [-0.2, -0.15) is 0 Å². The van der Waals surface area contributed by atoms with Gasteiger partial charge in [0.15, 0.2) is 0 Å². The van der Waals surface area contributed by atoms with Gasteiger partial charge < -0.3 is 5.73 Å². The third kappa shape index (κ3) is 6.06. The molecule has 1 unspecified atom stereocenters. The van der Waals surface area contributed by atoms with Gasteiger partial charge in [0.2, 0.25) is 0 Å². The lowest BCUT2D eigenvalue weighted by Gasteiger charge is -2.19. The maximum atomic E-state index is 13.9. The fourth-order valence-electron chi connectivity index (χ4n) is 3.65. The highest BCUT2D eigenvalue weighted by molar-refractivity contribution is 5.72. The molecule has 1 aliphatic carbocycles. The lowest BCUT2D eigenvalue weighted by atomic mass is 9.91. The Morgan fingerprint density at radius 3 is 2.61 bits per heavy atom. The van der Waals surface area contributed by atoms with Crippen LogP contribution in [0.1, 0.15) is 45.7 Å². The van der Waals surface area contributed by atoms with Gasteiger partial charge in [0.25, 0.3) is 6.43 Å². The van der Waals surface area contributed by atoms with Crippen molar-refractivity contribution in [2.75, 3.05) is 12.8 Å². The number of hydrogen-bond donors (Lipinski definition) is 1. The summed E-state index contributed by atoms with van der Waals surface area (Å²) in [6.45, 7) is 6.22. The van der Waals surface area contributed by atoms with E-state index in [-0.39, 0.29) is 17.9 Å². The summed E-state index contributed by atoms with van der Waals surface area (Å²) in [4.78, 5) is 16.9. The summed E-state index contributed by atoms with van der Waals surface area (Å²) >= 11 is 0. The molecule has 0 aliphatic heterocycles. The average molecular weight is 463 g/mol. The fourth-order valence-corrected chi connectivity index (χ4v) is 3.65. The van der Waals surface area contributed by atoms with Crippen LogP contribution in [0.5, 0.6) is 0 Å². The highest BCUT2D eigenvalue weighted by atomic mass is 19.3. The molecule has 0 spiro atoms. The van der Waals surface area contributed by atoms with Gasteiger partial charge in [0, 0.05) is 32.3 Å². The second-order valence-corrected chi connectivity index (χ2v) is 7.95. The number of halogens is 3. The number of nitrogens with two attached hydrogens (primary N) is 1. The Labute approximate surface area is 193 Å². The van der Waals surface area contributed by atoms with E-state index in [4.69, 9.17) is 5.73 Å². The zero-order valence-electron chi connectivity index (χ0n) is 19.9. The number of hydrogen-bond acceptors (Lipinski definition) is 3. The molecule has 33 heavy (non-hydrogen) atoms. The van der Waals surface area contributed by atoms with E-state index in [0.29, 0.717) is 29.8 Å². The zero-order chi connectivity index (χ0) is 24.7. The summed E-state index contributed by atoms with van der Waals surface area (Å²) in [6, 6.07) is 0. The van der Waals surface area contributed by atoms with Gasteiger partial charge in [0.1, 0.15) is 12.0 Å². The van der Waals surface area contributed by atoms with Gasteiger partial charge >= 0.3 is 5.69 Å². The summed E-state index contributed by atoms with van der Waals surface area (Å²) in [7, 11) is 3.27. The van der Waals surface area contributed by atoms with E-state index >= 15 is 0 Å². The third-order valence-electron chi connectivity index (χ3n) is 5.92. The molecule has 1 aliphatic rings. The predicted molar refractivity (Wildman–Crippen MR) is 131 cm³/mol. The molecule has 1 aromatic heterocycles. The van der Waals surface area contributed by atoms with Crippen LogP contribution in [0, 0.1) is 0 Å². The number of nitrogens with zero attached hydrogens (tertiary/aromatic N) is 3. The molecule has 0 amide bonds. The van der Waals surface area contributed by atoms with E-state index in [9.17, 15) is 18.0 Å². The standard InChI is InChI=1S/C25H33F3N4O/c1-6-16(3)19(9-8-12-30-4)15-32-22(24(29)31(5)25(32)33)14-17(7-2)18-10-11-21(26)20(13-18)23(27)28/h8-10,12-14,21,23H,6-7,11,15,29H2,1-5H3/b9-8-,17-14+,19-16+,30-12?. The van der Waals surface area contributed by atoms with Crippen LogP contribution in [0.3, 0.4) is 0 Å².